The molecule has 2 amide bonds. The van der Waals surface area contributed by atoms with E-state index in [2.05, 4.69) is 4.72 Å². The summed E-state index contributed by atoms with van der Waals surface area (Å²) in [6, 6.07) is 8.26. The molecular formula is C20H25N3O5S. The van der Waals surface area contributed by atoms with E-state index in [0.717, 1.165) is 11.3 Å². The maximum absolute atomic E-state index is 12.6. The summed E-state index contributed by atoms with van der Waals surface area (Å²) in [5, 5.41) is 0. The zero-order chi connectivity index (χ0) is 21.2. The van der Waals surface area contributed by atoms with Gasteiger partial charge in [0.2, 0.25) is 21.8 Å². The van der Waals surface area contributed by atoms with Gasteiger partial charge in [0.15, 0.2) is 0 Å². The van der Waals surface area contributed by atoms with E-state index in [-0.39, 0.29) is 35.7 Å². The highest BCUT2D eigenvalue weighted by Gasteiger charge is 2.30. The van der Waals surface area contributed by atoms with E-state index in [1.807, 2.05) is 6.92 Å². The van der Waals surface area contributed by atoms with E-state index in [1.165, 1.54) is 24.2 Å². The molecule has 8 nitrogen and oxygen atoms in total. The lowest BCUT2D eigenvalue weighted by atomic mass is 10.1. The van der Waals surface area contributed by atoms with Crippen LogP contribution in [0.25, 0.3) is 0 Å². The zero-order valence-electron chi connectivity index (χ0n) is 16.7. The van der Waals surface area contributed by atoms with Crippen molar-refractivity contribution < 1.29 is 22.4 Å². The average Bonchev–Trinajstić information content (AvgIpc) is 3.26. The number of hydrogen-bond donors (Lipinski definition) is 1. The standard InChI is InChI=1S/C20H25N3O5S/c1-14-11-16-12-18(6-7-19(16)23(14)15(2)24)29(26,27)21-9-8-20(25)22(3)13-17-5-4-10-28-17/h4-7,10,12,14,21H,8-9,11,13H2,1-3H3. The van der Waals surface area contributed by atoms with Gasteiger partial charge in [0.05, 0.1) is 17.7 Å². The topological polar surface area (TPSA) is 99.9 Å². The van der Waals surface area contributed by atoms with Crippen LogP contribution in [-0.2, 0) is 32.6 Å². The molecule has 9 heteroatoms. The first-order valence-corrected chi connectivity index (χ1v) is 10.9. The van der Waals surface area contributed by atoms with Gasteiger partial charge in [-0.2, -0.15) is 0 Å². The van der Waals surface area contributed by atoms with Crippen molar-refractivity contribution in [2.24, 2.45) is 0 Å². The van der Waals surface area contributed by atoms with Crippen LogP contribution < -0.4 is 9.62 Å². The summed E-state index contributed by atoms with van der Waals surface area (Å²) >= 11 is 0. The molecule has 1 aromatic carbocycles. The Hall–Kier alpha value is -2.65. The highest BCUT2D eigenvalue weighted by molar-refractivity contribution is 7.89. The molecule has 1 aliphatic rings. The van der Waals surface area contributed by atoms with Crippen molar-refractivity contribution in [3.05, 3.63) is 47.9 Å². The molecule has 1 unspecified atom stereocenters. The normalized spacial score (nSPS) is 16.0. The predicted molar refractivity (Wildman–Crippen MR) is 108 cm³/mol. The quantitative estimate of drug-likeness (QED) is 0.739. The van der Waals surface area contributed by atoms with Crippen LogP contribution in [0.5, 0.6) is 0 Å². The molecule has 2 heterocycles. The van der Waals surface area contributed by atoms with Gasteiger partial charge in [-0.1, -0.05) is 0 Å². The first-order chi connectivity index (χ1) is 13.7. The van der Waals surface area contributed by atoms with E-state index in [4.69, 9.17) is 4.42 Å². The third kappa shape index (κ3) is 4.68. The van der Waals surface area contributed by atoms with Gasteiger partial charge in [0, 0.05) is 38.7 Å². The lowest BCUT2D eigenvalue weighted by Gasteiger charge is -2.20. The molecule has 0 bridgehead atoms. The van der Waals surface area contributed by atoms with Crippen molar-refractivity contribution in [3.8, 4) is 0 Å². The summed E-state index contributed by atoms with van der Waals surface area (Å²) in [5.41, 5.74) is 1.57. The van der Waals surface area contributed by atoms with Crippen LogP contribution in [0.1, 0.15) is 31.6 Å². The number of rotatable bonds is 7. The van der Waals surface area contributed by atoms with Gasteiger partial charge in [-0.25, -0.2) is 13.1 Å². The molecule has 0 fully saturated rings. The van der Waals surface area contributed by atoms with Crippen LogP contribution in [0.4, 0.5) is 5.69 Å². The van der Waals surface area contributed by atoms with Gasteiger partial charge in [-0.15, -0.1) is 0 Å². The Balaban J connectivity index is 1.60. The number of nitrogens with one attached hydrogen (secondary N) is 1. The largest absolute Gasteiger partial charge is 0.467 e. The Morgan fingerprint density at radius 2 is 2.07 bits per heavy atom. The second-order valence-electron chi connectivity index (χ2n) is 7.21. The molecule has 0 saturated carbocycles. The lowest BCUT2D eigenvalue weighted by Crippen LogP contribution is -2.33. The third-order valence-electron chi connectivity index (χ3n) is 4.95. The van der Waals surface area contributed by atoms with Crippen molar-refractivity contribution in [3.63, 3.8) is 0 Å². The van der Waals surface area contributed by atoms with Crippen LogP contribution in [0.3, 0.4) is 0 Å². The van der Waals surface area contributed by atoms with E-state index in [0.29, 0.717) is 18.7 Å². The maximum Gasteiger partial charge on any atom is 0.240 e. The second-order valence-corrected chi connectivity index (χ2v) is 8.98. The maximum atomic E-state index is 12.6. The average molecular weight is 420 g/mol. The molecule has 2 aromatic rings. The van der Waals surface area contributed by atoms with Crippen molar-refractivity contribution in [2.75, 3.05) is 18.5 Å². The Morgan fingerprint density at radius 1 is 1.31 bits per heavy atom. The number of hydrogen-bond acceptors (Lipinski definition) is 5. The van der Waals surface area contributed by atoms with Crippen LogP contribution in [0.15, 0.2) is 45.9 Å². The minimum Gasteiger partial charge on any atom is -0.467 e. The summed E-state index contributed by atoms with van der Waals surface area (Å²) in [6.45, 7) is 3.75. The Morgan fingerprint density at radius 3 is 2.72 bits per heavy atom. The summed E-state index contributed by atoms with van der Waals surface area (Å²) in [4.78, 5) is 27.3. The number of amides is 2. The van der Waals surface area contributed by atoms with Crippen LogP contribution >= 0.6 is 0 Å². The van der Waals surface area contributed by atoms with E-state index in [1.54, 1.807) is 36.2 Å². The fraction of sp³-hybridized carbons (Fsp3) is 0.400. The summed E-state index contributed by atoms with van der Waals surface area (Å²) in [7, 11) is -2.11. The van der Waals surface area contributed by atoms with E-state index >= 15 is 0 Å². The minimum absolute atomic E-state index is 0.00325. The molecule has 0 radical (unpaired) electrons. The SMILES string of the molecule is CC(=O)N1c2ccc(S(=O)(=O)NCCC(=O)N(C)Cc3ccco3)cc2CC1C. The molecular weight excluding hydrogens is 394 g/mol. The lowest BCUT2D eigenvalue weighted by molar-refractivity contribution is -0.130. The van der Waals surface area contributed by atoms with Crippen molar-refractivity contribution in [1.29, 1.82) is 0 Å². The van der Waals surface area contributed by atoms with Gasteiger partial charge in [0.1, 0.15) is 5.76 Å². The summed E-state index contributed by atoms with van der Waals surface area (Å²) < 4.78 is 32.9. The molecule has 1 aliphatic heterocycles. The number of sulfonamides is 1. The predicted octanol–water partition coefficient (Wildman–Crippen LogP) is 1.90. The number of fused-ring (bicyclic) bond motifs is 1. The van der Waals surface area contributed by atoms with Crippen LogP contribution in [0, 0.1) is 0 Å². The highest BCUT2D eigenvalue weighted by Crippen LogP contribution is 2.33. The third-order valence-corrected chi connectivity index (χ3v) is 6.40. The molecule has 0 aliphatic carbocycles. The van der Waals surface area contributed by atoms with E-state index in [9.17, 15) is 18.0 Å². The second kappa shape index (κ2) is 8.38. The van der Waals surface area contributed by atoms with Crippen LogP contribution in [-0.4, -0.2) is 44.8 Å². The molecule has 0 saturated heterocycles. The summed E-state index contributed by atoms with van der Waals surface area (Å²) in [5.74, 6) is 0.402. The smallest absolute Gasteiger partial charge is 0.240 e. The fourth-order valence-electron chi connectivity index (χ4n) is 3.55. The van der Waals surface area contributed by atoms with Gasteiger partial charge in [0.25, 0.3) is 0 Å². The molecule has 1 N–H and O–H groups in total. The molecule has 0 spiro atoms. The molecule has 3 rings (SSSR count). The highest BCUT2D eigenvalue weighted by atomic mass is 32.2. The molecule has 1 aromatic heterocycles. The van der Waals surface area contributed by atoms with Crippen molar-refractivity contribution >= 4 is 27.5 Å². The Labute approximate surface area is 170 Å². The van der Waals surface area contributed by atoms with Gasteiger partial charge < -0.3 is 14.2 Å². The first kappa shape index (κ1) is 21.1. The number of benzene rings is 1. The van der Waals surface area contributed by atoms with Gasteiger partial charge in [-0.05, 0) is 49.2 Å². The van der Waals surface area contributed by atoms with Crippen molar-refractivity contribution in [1.82, 2.24) is 9.62 Å². The number of nitrogens with zero attached hydrogens (tertiary/aromatic N) is 2. The zero-order valence-corrected chi connectivity index (χ0v) is 17.5. The fourth-order valence-corrected chi connectivity index (χ4v) is 4.63. The first-order valence-electron chi connectivity index (χ1n) is 9.38. The summed E-state index contributed by atoms with van der Waals surface area (Å²) in [6.07, 6.45) is 2.18. The van der Waals surface area contributed by atoms with E-state index < -0.39 is 10.0 Å². The minimum atomic E-state index is -3.75. The van der Waals surface area contributed by atoms with Crippen molar-refractivity contribution in [2.45, 2.75) is 44.2 Å². The van der Waals surface area contributed by atoms with Gasteiger partial charge in [-0.3, -0.25) is 9.59 Å². The van der Waals surface area contributed by atoms with Gasteiger partial charge >= 0.3 is 0 Å². The Bertz CT molecular complexity index is 1000. The number of carbonyl (C=O) groups excluding carboxylic acids is 2. The molecule has 1 atom stereocenters. The van der Waals surface area contributed by atoms with Crippen LogP contribution in [0.2, 0.25) is 0 Å². The Kier molecular flexibility index (Phi) is 6.09. The number of carbonyl (C=O) groups is 2. The monoisotopic (exact) mass is 419 g/mol. The number of furan rings is 1. The number of anilines is 1. The molecule has 156 valence electrons. The molecule has 29 heavy (non-hydrogen) atoms.